The van der Waals surface area contributed by atoms with Gasteiger partial charge in [-0.3, -0.25) is 0 Å². The van der Waals surface area contributed by atoms with Crippen molar-refractivity contribution in [3.8, 4) is 0 Å². The molecule has 16 heavy (non-hydrogen) atoms. The van der Waals surface area contributed by atoms with Crippen molar-refractivity contribution in [2.45, 2.75) is 26.3 Å². The molecule has 0 aliphatic rings. The molecule has 0 spiro atoms. The van der Waals surface area contributed by atoms with E-state index in [2.05, 4.69) is 16.9 Å². The first-order valence-electron chi connectivity index (χ1n) is 5.17. The Hall–Kier alpha value is -1.78. The molecule has 0 radical (unpaired) electrons. The lowest BCUT2D eigenvalue weighted by Gasteiger charge is -2.07. The first-order chi connectivity index (χ1) is 7.67. The molecule has 0 saturated carbocycles. The molecule has 1 rings (SSSR count). The molecule has 1 unspecified atom stereocenters. The SMILES string of the molecule is C=CCC(C)Nc1nc(C(=O)OCC)co1. The summed E-state index contributed by atoms with van der Waals surface area (Å²) in [6.45, 7) is 7.66. The second-order valence-electron chi connectivity index (χ2n) is 3.33. The average Bonchev–Trinajstić information content (AvgIpc) is 2.67. The number of carbonyl (C=O) groups excluding carboxylic acids is 1. The van der Waals surface area contributed by atoms with Gasteiger partial charge in [-0.1, -0.05) is 6.08 Å². The van der Waals surface area contributed by atoms with Gasteiger partial charge >= 0.3 is 5.97 Å². The van der Waals surface area contributed by atoms with Crippen molar-refractivity contribution in [2.24, 2.45) is 0 Å². The minimum atomic E-state index is -0.476. The van der Waals surface area contributed by atoms with Crippen LogP contribution < -0.4 is 5.32 Å². The summed E-state index contributed by atoms with van der Waals surface area (Å²) in [5, 5.41) is 3.00. The molecule has 1 aromatic heterocycles. The van der Waals surface area contributed by atoms with E-state index >= 15 is 0 Å². The molecule has 1 heterocycles. The van der Waals surface area contributed by atoms with Crippen molar-refractivity contribution < 1.29 is 13.9 Å². The maximum Gasteiger partial charge on any atom is 0.360 e. The van der Waals surface area contributed by atoms with Crippen LogP contribution in [0.25, 0.3) is 0 Å². The number of nitrogens with zero attached hydrogens (tertiary/aromatic N) is 1. The van der Waals surface area contributed by atoms with Gasteiger partial charge in [0.05, 0.1) is 6.61 Å². The summed E-state index contributed by atoms with van der Waals surface area (Å²) in [4.78, 5) is 15.2. The fourth-order valence-electron chi connectivity index (χ4n) is 1.16. The third kappa shape index (κ3) is 3.42. The predicted molar refractivity (Wildman–Crippen MR) is 60.4 cm³/mol. The van der Waals surface area contributed by atoms with Gasteiger partial charge in [-0.2, -0.15) is 4.98 Å². The maximum atomic E-state index is 11.3. The normalized spacial score (nSPS) is 11.9. The summed E-state index contributed by atoms with van der Waals surface area (Å²) < 4.78 is 9.88. The van der Waals surface area contributed by atoms with Crippen LogP contribution in [0.3, 0.4) is 0 Å². The predicted octanol–water partition coefficient (Wildman–Crippen LogP) is 2.23. The van der Waals surface area contributed by atoms with Crippen molar-refractivity contribution >= 4 is 12.0 Å². The number of hydrogen-bond acceptors (Lipinski definition) is 5. The molecule has 0 aromatic carbocycles. The highest BCUT2D eigenvalue weighted by Crippen LogP contribution is 2.10. The van der Waals surface area contributed by atoms with Crippen LogP contribution in [0.4, 0.5) is 6.01 Å². The number of carbonyl (C=O) groups is 1. The van der Waals surface area contributed by atoms with Crippen LogP contribution in [0.2, 0.25) is 0 Å². The van der Waals surface area contributed by atoms with Gasteiger partial charge in [0.1, 0.15) is 6.26 Å². The van der Waals surface area contributed by atoms with E-state index in [4.69, 9.17) is 9.15 Å². The van der Waals surface area contributed by atoms with Gasteiger partial charge in [0.2, 0.25) is 0 Å². The smallest absolute Gasteiger partial charge is 0.360 e. The molecule has 0 saturated heterocycles. The Morgan fingerprint density at radius 3 is 3.19 bits per heavy atom. The number of rotatable bonds is 6. The van der Waals surface area contributed by atoms with Crippen molar-refractivity contribution in [1.29, 1.82) is 0 Å². The van der Waals surface area contributed by atoms with Crippen molar-refractivity contribution in [3.63, 3.8) is 0 Å². The molecule has 0 aliphatic heterocycles. The van der Waals surface area contributed by atoms with Crippen LogP contribution in [0.5, 0.6) is 0 Å². The number of ether oxygens (including phenoxy) is 1. The Morgan fingerprint density at radius 1 is 1.81 bits per heavy atom. The van der Waals surface area contributed by atoms with Crippen molar-refractivity contribution in [1.82, 2.24) is 4.98 Å². The van der Waals surface area contributed by atoms with E-state index in [9.17, 15) is 4.79 Å². The van der Waals surface area contributed by atoms with Crippen LogP contribution in [0.15, 0.2) is 23.3 Å². The summed E-state index contributed by atoms with van der Waals surface area (Å²) in [5.41, 5.74) is 0.176. The monoisotopic (exact) mass is 224 g/mol. The molecule has 0 amide bonds. The van der Waals surface area contributed by atoms with Crippen LogP contribution in [-0.4, -0.2) is 23.6 Å². The van der Waals surface area contributed by atoms with E-state index in [-0.39, 0.29) is 11.7 Å². The van der Waals surface area contributed by atoms with E-state index in [0.29, 0.717) is 12.6 Å². The lowest BCUT2D eigenvalue weighted by Crippen LogP contribution is -2.14. The molecule has 0 bridgehead atoms. The fraction of sp³-hybridized carbons (Fsp3) is 0.455. The van der Waals surface area contributed by atoms with Gasteiger partial charge < -0.3 is 14.5 Å². The number of anilines is 1. The lowest BCUT2D eigenvalue weighted by atomic mass is 10.2. The molecule has 5 heteroatoms. The maximum absolute atomic E-state index is 11.3. The number of esters is 1. The van der Waals surface area contributed by atoms with Gasteiger partial charge in [-0.25, -0.2) is 4.79 Å². The zero-order chi connectivity index (χ0) is 12.0. The van der Waals surface area contributed by atoms with Crippen LogP contribution in [-0.2, 0) is 4.74 Å². The van der Waals surface area contributed by atoms with Crippen LogP contribution in [0.1, 0.15) is 30.8 Å². The Bertz CT molecular complexity index is 360. The first kappa shape index (κ1) is 12.3. The lowest BCUT2D eigenvalue weighted by molar-refractivity contribution is 0.0519. The van der Waals surface area contributed by atoms with E-state index in [1.54, 1.807) is 13.0 Å². The highest BCUT2D eigenvalue weighted by molar-refractivity contribution is 5.87. The Labute approximate surface area is 94.5 Å². The van der Waals surface area contributed by atoms with Gasteiger partial charge in [0, 0.05) is 6.04 Å². The Kier molecular flexibility index (Phi) is 4.57. The largest absolute Gasteiger partial charge is 0.461 e. The minimum absolute atomic E-state index is 0.159. The van der Waals surface area contributed by atoms with E-state index < -0.39 is 5.97 Å². The number of oxazole rings is 1. The average molecular weight is 224 g/mol. The summed E-state index contributed by atoms with van der Waals surface area (Å²) in [6.07, 6.45) is 3.87. The highest BCUT2D eigenvalue weighted by atomic mass is 16.5. The molecule has 1 atom stereocenters. The van der Waals surface area contributed by atoms with Gasteiger partial charge in [-0.05, 0) is 20.3 Å². The molecule has 0 fully saturated rings. The molecule has 1 N–H and O–H groups in total. The van der Waals surface area contributed by atoms with Gasteiger partial charge in [0.15, 0.2) is 5.69 Å². The molecular weight excluding hydrogens is 208 g/mol. The number of aromatic nitrogens is 1. The van der Waals surface area contributed by atoms with Gasteiger partial charge in [0.25, 0.3) is 6.01 Å². The Morgan fingerprint density at radius 2 is 2.56 bits per heavy atom. The van der Waals surface area contributed by atoms with E-state index in [1.165, 1.54) is 6.26 Å². The fourth-order valence-corrected chi connectivity index (χ4v) is 1.16. The van der Waals surface area contributed by atoms with Gasteiger partial charge in [-0.15, -0.1) is 6.58 Å². The van der Waals surface area contributed by atoms with E-state index in [1.807, 2.05) is 6.92 Å². The molecule has 0 aliphatic carbocycles. The number of nitrogens with one attached hydrogen (secondary N) is 1. The Balaban J connectivity index is 2.57. The third-order valence-electron chi connectivity index (χ3n) is 1.88. The molecular formula is C11H16N2O3. The topological polar surface area (TPSA) is 64.4 Å². The van der Waals surface area contributed by atoms with Crippen LogP contribution in [0, 0.1) is 0 Å². The molecule has 5 nitrogen and oxygen atoms in total. The summed E-state index contributed by atoms with van der Waals surface area (Å²) in [6, 6.07) is 0.476. The van der Waals surface area contributed by atoms with Crippen LogP contribution >= 0.6 is 0 Å². The van der Waals surface area contributed by atoms with Crippen molar-refractivity contribution in [3.05, 3.63) is 24.6 Å². The summed E-state index contributed by atoms with van der Waals surface area (Å²) in [7, 11) is 0. The van der Waals surface area contributed by atoms with Crippen molar-refractivity contribution in [2.75, 3.05) is 11.9 Å². The van der Waals surface area contributed by atoms with E-state index in [0.717, 1.165) is 6.42 Å². The quantitative estimate of drug-likeness (QED) is 0.593. The standard InChI is InChI=1S/C11H16N2O3/c1-4-6-8(3)12-11-13-9(7-16-11)10(14)15-5-2/h4,7-8H,1,5-6H2,2-3H3,(H,12,13). The third-order valence-corrected chi connectivity index (χ3v) is 1.88. The number of hydrogen-bond donors (Lipinski definition) is 1. The highest BCUT2D eigenvalue weighted by Gasteiger charge is 2.13. The zero-order valence-electron chi connectivity index (χ0n) is 9.53. The first-order valence-corrected chi connectivity index (χ1v) is 5.17. The molecule has 1 aromatic rings. The summed E-state index contributed by atoms with van der Waals surface area (Å²) in [5.74, 6) is -0.476. The second kappa shape index (κ2) is 5.95. The second-order valence-corrected chi connectivity index (χ2v) is 3.33. The molecule has 88 valence electrons. The zero-order valence-corrected chi connectivity index (χ0v) is 9.53. The minimum Gasteiger partial charge on any atom is -0.461 e. The summed E-state index contributed by atoms with van der Waals surface area (Å²) >= 11 is 0.